The van der Waals surface area contributed by atoms with Crippen LogP contribution in [0.4, 0.5) is 0 Å². The number of nitrogens with one attached hydrogen (secondary N) is 1. The van der Waals surface area contributed by atoms with Crippen LogP contribution in [0.3, 0.4) is 0 Å². The lowest BCUT2D eigenvalue weighted by molar-refractivity contribution is -0.142. The number of nitrogens with zero attached hydrogens (tertiary/aromatic N) is 2. The zero-order valence-electron chi connectivity index (χ0n) is 10.8. The van der Waals surface area contributed by atoms with Gasteiger partial charge in [0.05, 0.1) is 12.5 Å². The number of methoxy groups -OCH3 is 1. The van der Waals surface area contributed by atoms with Gasteiger partial charge in [0.2, 0.25) is 11.7 Å². The molecule has 1 amide bonds. The fourth-order valence-corrected chi connectivity index (χ4v) is 1.27. The third-order valence-corrected chi connectivity index (χ3v) is 2.39. The molecule has 0 saturated heterocycles. The summed E-state index contributed by atoms with van der Waals surface area (Å²) in [4.78, 5) is 36.0. The van der Waals surface area contributed by atoms with Crippen LogP contribution in [0.15, 0.2) is 0 Å². The molecule has 0 aromatic carbocycles. The number of hydrogen-bond donors (Lipinski definition) is 2. The molecule has 0 heterocycles. The summed E-state index contributed by atoms with van der Waals surface area (Å²) in [5.41, 5.74) is 8.13. The summed E-state index contributed by atoms with van der Waals surface area (Å²) in [6.07, 6.45) is 0.187. The van der Waals surface area contributed by atoms with Gasteiger partial charge >= 0.3 is 12.2 Å². The van der Waals surface area contributed by atoms with Crippen molar-refractivity contribution in [2.24, 2.45) is 0 Å². The van der Waals surface area contributed by atoms with Crippen LogP contribution in [-0.4, -0.2) is 53.0 Å². The molecule has 0 aromatic rings. The van der Waals surface area contributed by atoms with Gasteiger partial charge in [0.25, 0.3) is 0 Å². The van der Waals surface area contributed by atoms with Crippen LogP contribution in [0.1, 0.15) is 26.2 Å². The Morgan fingerprint density at radius 1 is 1.47 bits per heavy atom. The van der Waals surface area contributed by atoms with Crippen molar-refractivity contribution in [2.75, 3.05) is 7.11 Å². The summed E-state index contributed by atoms with van der Waals surface area (Å²) in [6, 6.07) is -1.16. The first-order chi connectivity index (χ1) is 8.90. The lowest BCUT2D eigenvalue weighted by Gasteiger charge is -2.15. The highest BCUT2D eigenvalue weighted by atomic mass is 16.5. The number of rotatable bonds is 9. The molecule has 0 rings (SSSR count). The molecule has 8 nitrogen and oxygen atoms in total. The molecule has 2 unspecified atom stereocenters. The standard InChI is InChI=1S/C11H17N3O5/c1-7(19-2)5-10(16)14-9(11(17)18)4-3-8(15)6-13-12/h6-7,9H,3-5H2,1-2H3,(H,14,16)(H,17,18). The number of hydrogen-bond acceptors (Lipinski definition) is 4. The SMILES string of the molecule is COC(C)CC(=O)NC(CCC(=O)C=[N+]=[N-])C(=O)O. The van der Waals surface area contributed by atoms with Gasteiger partial charge in [-0.15, -0.1) is 0 Å². The molecule has 8 heteroatoms. The number of Topliss-reactive ketones (excluding diaryl/α,β-unsaturated/α-hetero) is 1. The van der Waals surface area contributed by atoms with E-state index in [1.807, 2.05) is 0 Å². The molecule has 0 bridgehead atoms. The number of ketones is 1. The molecule has 0 aliphatic rings. The van der Waals surface area contributed by atoms with Gasteiger partial charge in [-0.2, -0.15) is 4.79 Å². The molecule has 106 valence electrons. The van der Waals surface area contributed by atoms with Crippen LogP contribution in [0.5, 0.6) is 0 Å². The predicted molar refractivity (Wildman–Crippen MR) is 64.6 cm³/mol. The number of carbonyl (C=O) groups excluding carboxylic acids is 2. The summed E-state index contributed by atoms with van der Waals surface area (Å²) in [7, 11) is 1.44. The Morgan fingerprint density at radius 2 is 2.11 bits per heavy atom. The molecule has 0 radical (unpaired) electrons. The number of carboxylic acids is 1. The van der Waals surface area contributed by atoms with Crippen LogP contribution in [0.25, 0.3) is 5.53 Å². The molecule has 2 N–H and O–H groups in total. The van der Waals surface area contributed by atoms with E-state index in [0.29, 0.717) is 6.21 Å². The van der Waals surface area contributed by atoms with Gasteiger partial charge in [-0.05, 0) is 13.3 Å². The summed E-state index contributed by atoms with van der Waals surface area (Å²) >= 11 is 0. The third kappa shape index (κ3) is 7.80. The van der Waals surface area contributed by atoms with Crippen molar-refractivity contribution in [1.82, 2.24) is 5.32 Å². The van der Waals surface area contributed by atoms with Gasteiger partial charge in [-0.25, -0.2) is 4.79 Å². The first-order valence-electron chi connectivity index (χ1n) is 5.66. The van der Waals surface area contributed by atoms with Crippen molar-refractivity contribution in [3.05, 3.63) is 5.53 Å². The van der Waals surface area contributed by atoms with E-state index >= 15 is 0 Å². The highest BCUT2D eigenvalue weighted by Gasteiger charge is 2.22. The van der Waals surface area contributed by atoms with Gasteiger partial charge in [0.1, 0.15) is 6.04 Å². The van der Waals surface area contributed by atoms with Gasteiger partial charge in [-0.1, -0.05) is 0 Å². The minimum atomic E-state index is -1.23. The van der Waals surface area contributed by atoms with Crippen LogP contribution in [-0.2, 0) is 19.1 Å². The number of carbonyl (C=O) groups is 3. The van der Waals surface area contributed by atoms with Crippen molar-refractivity contribution in [1.29, 1.82) is 0 Å². The molecule has 0 aliphatic heterocycles. The van der Waals surface area contributed by atoms with E-state index in [0.717, 1.165) is 0 Å². The second kappa shape index (κ2) is 8.96. The monoisotopic (exact) mass is 271 g/mol. The Labute approximate surface area is 110 Å². The van der Waals surface area contributed by atoms with Crippen LogP contribution in [0.2, 0.25) is 0 Å². The van der Waals surface area contributed by atoms with E-state index in [2.05, 4.69) is 10.1 Å². The highest BCUT2D eigenvalue weighted by molar-refractivity contribution is 6.25. The second-order valence-electron chi connectivity index (χ2n) is 3.96. The first-order valence-corrected chi connectivity index (χ1v) is 5.66. The van der Waals surface area contributed by atoms with Gasteiger partial charge in [0.15, 0.2) is 0 Å². The summed E-state index contributed by atoms with van der Waals surface area (Å²) < 4.78 is 4.89. The van der Waals surface area contributed by atoms with Gasteiger partial charge in [0, 0.05) is 13.5 Å². The Morgan fingerprint density at radius 3 is 2.58 bits per heavy atom. The Hall–Kier alpha value is -2.05. The molecular formula is C11H17N3O5. The Balaban J connectivity index is 4.34. The summed E-state index contributed by atoms with van der Waals surface area (Å²) in [6.45, 7) is 1.68. The van der Waals surface area contributed by atoms with Crippen LogP contribution < -0.4 is 5.32 Å². The molecule has 0 aliphatic carbocycles. The van der Waals surface area contributed by atoms with Crippen LogP contribution >= 0.6 is 0 Å². The fourth-order valence-electron chi connectivity index (χ4n) is 1.27. The Kier molecular flexibility index (Phi) is 7.99. The molecule has 0 spiro atoms. The normalized spacial score (nSPS) is 12.9. The molecule has 0 fully saturated rings. The minimum absolute atomic E-state index is 0.0341. The third-order valence-electron chi connectivity index (χ3n) is 2.39. The predicted octanol–water partition coefficient (Wildman–Crippen LogP) is -0.369. The Bertz CT molecular complexity index is 390. The van der Waals surface area contributed by atoms with Crippen LogP contribution in [0, 0.1) is 0 Å². The van der Waals surface area contributed by atoms with E-state index in [1.165, 1.54) is 7.11 Å². The zero-order chi connectivity index (χ0) is 14.8. The number of carboxylic acid groups (broad SMARTS) is 1. The number of ether oxygens (including phenoxy) is 1. The number of aliphatic carboxylic acids is 1. The van der Waals surface area contributed by atoms with E-state index in [1.54, 1.807) is 6.92 Å². The smallest absolute Gasteiger partial charge is 0.326 e. The lowest BCUT2D eigenvalue weighted by atomic mass is 10.1. The molecule has 0 aromatic heterocycles. The van der Waals surface area contributed by atoms with Gasteiger partial charge < -0.3 is 20.7 Å². The number of amides is 1. The first kappa shape index (κ1) is 16.9. The molecular weight excluding hydrogens is 254 g/mol. The fraction of sp³-hybridized carbons (Fsp3) is 0.636. The molecule has 2 atom stereocenters. The summed E-state index contributed by atoms with van der Waals surface area (Å²) in [5.74, 6) is -2.22. The molecule has 0 saturated carbocycles. The largest absolute Gasteiger partial charge is 0.480 e. The van der Waals surface area contributed by atoms with E-state index in [4.69, 9.17) is 15.4 Å². The van der Waals surface area contributed by atoms with E-state index in [9.17, 15) is 14.4 Å². The van der Waals surface area contributed by atoms with Crippen molar-refractivity contribution >= 4 is 23.9 Å². The maximum Gasteiger partial charge on any atom is 0.326 e. The zero-order valence-corrected chi connectivity index (χ0v) is 10.8. The van der Waals surface area contributed by atoms with E-state index < -0.39 is 23.7 Å². The van der Waals surface area contributed by atoms with Crippen molar-refractivity contribution in [2.45, 2.75) is 38.3 Å². The highest BCUT2D eigenvalue weighted by Crippen LogP contribution is 2.01. The second-order valence-corrected chi connectivity index (χ2v) is 3.96. The quantitative estimate of drug-likeness (QED) is 0.336. The van der Waals surface area contributed by atoms with Crippen molar-refractivity contribution in [3.8, 4) is 0 Å². The summed E-state index contributed by atoms with van der Waals surface area (Å²) in [5, 5.41) is 11.2. The maximum atomic E-state index is 11.5. The van der Waals surface area contributed by atoms with Crippen molar-refractivity contribution in [3.63, 3.8) is 0 Å². The topological polar surface area (TPSA) is 129 Å². The average molecular weight is 271 g/mol. The molecule has 19 heavy (non-hydrogen) atoms. The average Bonchev–Trinajstić information content (AvgIpc) is 2.34. The van der Waals surface area contributed by atoms with E-state index in [-0.39, 0.29) is 25.4 Å². The lowest BCUT2D eigenvalue weighted by Crippen LogP contribution is -2.42. The maximum absolute atomic E-state index is 11.5. The van der Waals surface area contributed by atoms with Gasteiger partial charge in [-0.3, -0.25) is 9.59 Å². The van der Waals surface area contributed by atoms with Crippen molar-refractivity contribution < 1.29 is 29.0 Å². The minimum Gasteiger partial charge on any atom is -0.480 e.